The van der Waals surface area contributed by atoms with Gasteiger partial charge in [-0.25, -0.2) is 4.90 Å². The quantitative estimate of drug-likeness (QED) is 0.568. The van der Waals surface area contributed by atoms with Gasteiger partial charge in [-0.15, -0.1) is 0 Å². The van der Waals surface area contributed by atoms with Crippen LogP contribution < -0.4 is 4.90 Å². The number of carbonyl (C=O) groups excluding carboxylic acids is 2. The molecule has 0 spiro atoms. The molecule has 2 bridgehead atoms. The van der Waals surface area contributed by atoms with Gasteiger partial charge in [0, 0.05) is 21.9 Å². The van der Waals surface area contributed by atoms with Crippen molar-refractivity contribution in [2.75, 3.05) is 4.90 Å². The van der Waals surface area contributed by atoms with Crippen molar-refractivity contribution in [1.29, 1.82) is 0 Å². The number of allylic oxidation sites excluding steroid dienone is 4. The standard InChI is InChI=1S/C19H17Cl2NO2/c1-3-9(2)15-13-4-5-14(15)17-16(13)18(23)22(19(17)24)12-7-10(20)6-11(21)8-12/h4-8,13-14,16-17H,3H2,1-2H3/t13-,14-,16+,17+/m0/s1. The van der Waals surface area contributed by atoms with E-state index in [4.69, 9.17) is 23.2 Å². The van der Waals surface area contributed by atoms with Gasteiger partial charge in [-0.2, -0.15) is 0 Å². The Bertz CT molecular complexity index is 772. The smallest absolute Gasteiger partial charge is 0.238 e. The predicted molar refractivity (Wildman–Crippen MR) is 95.0 cm³/mol. The first-order chi connectivity index (χ1) is 11.4. The fourth-order valence-electron chi connectivity index (χ4n) is 4.46. The maximum Gasteiger partial charge on any atom is 0.238 e. The summed E-state index contributed by atoms with van der Waals surface area (Å²) in [5, 5.41) is 0.831. The number of halogens is 2. The van der Waals surface area contributed by atoms with Crippen LogP contribution in [0.25, 0.3) is 0 Å². The van der Waals surface area contributed by atoms with E-state index in [-0.39, 0.29) is 35.5 Å². The molecule has 2 aliphatic carbocycles. The molecule has 4 atom stereocenters. The summed E-state index contributed by atoms with van der Waals surface area (Å²) in [6.45, 7) is 4.21. The predicted octanol–water partition coefficient (Wildman–Crippen LogP) is 4.64. The lowest BCUT2D eigenvalue weighted by molar-refractivity contribution is -0.122. The zero-order valence-electron chi connectivity index (χ0n) is 13.4. The lowest BCUT2D eigenvalue weighted by Crippen LogP contribution is -2.33. The van der Waals surface area contributed by atoms with Crippen LogP contribution in [0.15, 0.2) is 41.5 Å². The summed E-state index contributed by atoms with van der Waals surface area (Å²) < 4.78 is 0. The van der Waals surface area contributed by atoms with Crippen molar-refractivity contribution in [3.8, 4) is 0 Å². The Morgan fingerprint density at radius 3 is 1.96 bits per heavy atom. The van der Waals surface area contributed by atoms with E-state index in [0.29, 0.717) is 15.7 Å². The Hall–Kier alpha value is -1.58. The van der Waals surface area contributed by atoms with Gasteiger partial charge in [-0.3, -0.25) is 9.59 Å². The molecular weight excluding hydrogens is 345 g/mol. The van der Waals surface area contributed by atoms with Crippen molar-refractivity contribution in [3.63, 3.8) is 0 Å². The van der Waals surface area contributed by atoms with Gasteiger partial charge in [0.15, 0.2) is 0 Å². The molecule has 1 saturated heterocycles. The van der Waals surface area contributed by atoms with E-state index < -0.39 is 0 Å². The molecule has 3 nitrogen and oxygen atoms in total. The molecule has 1 heterocycles. The summed E-state index contributed by atoms with van der Waals surface area (Å²) in [5.41, 5.74) is 3.04. The van der Waals surface area contributed by atoms with Gasteiger partial charge < -0.3 is 0 Å². The third-order valence-corrected chi connectivity index (χ3v) is 5.98. The number of rotatable bonds is 2. The third kappa shape index (κ3) is 2.04. The second kappa shape index (κ2) is 5.47. The number of benzene rings is 1. The van der Waals surface area contributed by atoms with Crippen LogP contribution in [0.1, 0.15) is 20.3 Å². The molecule has 1 saturated carbocycles. The van der Waals surface area contributed by atoms with E-state index in [1.807, 2.05) is 0 Å². The number of carbonyl (C=O) groups is 2. The minimum Gasteiger partial charge on any atom is -0.274 e. The lowest BCUT2D eigenvalue weighted by Gasteiger charge is -2.20. The molecule has 2 fully saturated rings. The van der Waals surface area contributed by atoms with E-state index in [1.165, 1.54) is 16.0 Å². The molecular formula is C19H17Cl2NO2. The van der Waals surface area contributed by atoms with Gasteiger partial charge in [-0.1, -0.05) is 53.4 Å². The molecule has 1 aromatic carbocycles. The van der Waals surface area contributed by atoms with Crippen molar-refractivity contribution in [3.05, 3.63) is 51.5 Å². The fraction of sp³-hybridized carbons (Fsp3) is 0.368. The van der Waals surface area contributed by atoms with Gasteiger partial charge in [0.05, 0.1) is 17.5 Å². The molecule has 0 N–H and O–H groups in total. The molecule has 0 radical (unpaired) electrons. The SMILES string of the molecule is CCC(C)=C1[C@@H]2C=C[C@@H]1[C@H]1C(=O)N(c3cc(Cl)cc(Cl)c3)C(=O)[C@@H]12. The molecule has 5 heteroatoms. The fourth-order valence-corrected chi connectivity index (χ4v) is 4.97. The van der Waals surface area contributed by atoms with Crippen LogP contribution in [0.5, 0.6) is 0 Å². The first-order valence-corrected chi connectivity index (χ1v) is 8.91. The molecule has 1 aromatic rings. The number of hydrogen-bond donors (Lipinski definition) is 0. The number of hydrogen-bond acceptors (Lipinski definition) is 2. The Kier molecular flexibility index (Phi) is 3.63. The maximum absolute atomic E-state index is 13.0. The van der Waals surface area contributed by atoms with E-state index in [9.17, 15) is 9.59 Å². The second-order valence-corrected chi connectivity index (χ2v) is 7.59. The molecule has 0 aromatic heterocycles. The van der Waals surface area contributed by atoms with Crippen LogP contribution >= 0.6 is 23.2 Å². The van der Waals surface area contributed by atoms with E-state index >= 15 is 0 Å². The molecule has 3 aliphatic rings. The summed E-state index contributed by atoms with van der Waals surface area (Å²) in [4.78, 5) is 27.3. The van der Waals surface area contributed by atoms with Crippen LogP contribution in [-0.2, 0) is 9.59 Å². The second-order valence-electron chi connectivity index (χ2n) is 6.72. The van der Waals surface area contributed by atoms with E-state index in [0.717, 1.165) is 6.42 Å². The summed E-state index contributed by atoms with van der Waals surface area (Å²) in [7, 11) is 0. The molecule has 2 amide bonds. The molecule has 1 aliphatic heterocycles. The highest BCUT2D eigenvalue weighted by Gasteiger charge is 2.62. The molecule has 124 valence electrons. The topological polar surface area (TPSA) is 37.4 Å². The molecule has 24 heavy (non-hydrogen) atoms. The maximum atomic E-state index is 13.0. The number of imide groups is 1. The largest absolute Gasteiger partial charge is 0.274 e. The molecule has 0 unspecified atom stereocenters. The average molecular weight is 362 g/mol. The van der Waals surface area contributed by atoms with E-state index in [1.54, 1.807) is 18.2 Å². The van der Waals surface area contributed by atoms with Crippen LogP contribution in [0.4, 0.5) is 5.69 Å². The van der Waals surface area contributed by atoms with Crippen molar-refractivity contribution >= 4 is 40.7 Å². The Morgan fingerprint density at radius 2 is 1.50 bits per heavy atom. The van der Waals surface area contributed by atoms with Crippen molar-refractivity contribution in [2.24, 2.45) is 23.7 Å². The van der Waals surface area contributed by atoms with Gasteiger partial charge >= 0.3 is 0 Å². The van der Waals surface area contributed by atoms with Crippen LogP contribution in [0.3, 0.4) is 0 Å². The number of anilines is 1. The first kappa shape index (κ1) is 15.9. The number of amides is 2. The monoisotopic (exact) mass is 361 g/mol. The van der Waals surface area contributed by atoms with Gasteiger partial charge in [-0.05, 0) is 31.5 Å². The summed E-state index contributed by atoms with van der Waals surface area (Å²) >= 11 is 12.1. The average Bonchev–Trinajstić information content (AvgIpc) is 3.15. The summed E-state index contributed by atoms with van der Waals surface area (Å²) in [5.74, 6) is -0.751. The number of fused-ring (bicyclic) bond motifs is 5. The van der Waals surface area contributed by atoms with Gasteiger partial charge in [0.1, 0.15) is 0 Å². The highest BCUT2D eigenvalue weighted by molar-refractivity contribution is 6.35. The van der Waals surface area contributed by atoms with Crippen molar-refractivity contribution in [2.45, 2.75) is 20.3 Å². The Labute approximate surface area is 150 Å². The van der Waals surface area contributed by atoms with Gasteiger partial charge in [0.2, 0.25) is 11.8 Å². The summed E-state index contributed by atoms with van der Waals surface area (Å²) in [6, 6.07) is 4.83. The molecule has 4 rings (SSSR count). The number of nitrogens with zero attached hydrogens (tertiary/aromatic N) is 1. The van der Waals surface area contributed by atoms with E-state index in [2.05, 4.69) is 26.0 Å². The van der Waals surface area contributed by atoms with Crippen LogP contribution in [0, 0.1) is 23.7 Å². The minimum absolute atomic E-state index is 0.0519. The minimum atomic E-state index is -0.290. The van der Waals surface area contributed by atoms with Crippen LogP contribution in [-0.4, -0.2) is 11.8 Å². The van der Waals surface area contributed by atoms with Crippen molar-refractivity contribution in [1.82, 2.24) is 0 Å². The normalized spacial score (nSPS) is 30.5. The Morgan fingerprint density at radius 1 is 1.00 bits per heavy atom. The Balaban J connectivity index is 1.77. The highest BCUT2D eigenvalue weighted by Crippen LogP contribution is 2.57. The third-order valence-electron chi connectivity index (χ3n) is 5.54. The zero-order chi connectivity index (χ0) is 17.2. The first-order valence-electron chi connectivity index (χ1n) is 8.15. The lowest BCUT2D eigenvalue weighted by atomic mass is 9.85. The zero-order valence-corrected chi connectivity index (χ0v) is 14.9. The van der Waals surface area contributed by atoms with Crippen LogP contribution in [0.2, 0.25) is 10.0 Å². The van der Waals surface area contributed by atoms with Crippen molar-refractivity contribution < 1.29 is 9.59 Å². The highest BCUT2D eigenvalue weighted by atomic mass is 35.5. The summed E-state index contributed by atoms with van der Waals surface area (Å²) in [6.07, 6.45) is 5.14. The van der Waals surface area contributed by atoms with Gasteiger partial charge in [0.25, 0.3) is 0 Å².